The van der Waals surface area contributed by atoms with Gasteiger partial charge in [-0.15, -0.1) is 0 Å². The number of hydrogen-bond acceptors (Lipinski definition) is 3. The quantitative estimate of drug-likeness (QED) is 0.602. The molecule has 0 unspecified atom stereocenters. The summed E-state index contributed by atoms with van der Waals surface area (Å²) in [5, 5.41) is 7.64. The van der Waals surface area contributed by atoms with Gasteiger partial charge in [0.15, 0.2) is 0 Å². The molecule has 4 nitrogen and oxygen atoms in total. The summed E-state index contributed by atoms with van der Waals surface area (Å²) in [6, 6.07) is 0. The number of carbonyl (C=O) groups excluding carboxylic acids is 2. The van der Waals surface area contributed by atoms with Crippen LogP contribution in [-0.4, -0.2) is 22.6 Å². The molecule has 11 heavy (non-hydrogen) atoms. The van der Waals surface area contributed by atoms with E-state index in [0.717, 1.165) is 6.92 Å². The van der Waals surface area contributed by atoms with Crippen molar-refractivity contribution in [1.29, 1.82) is 0 Å². The van der Waals surface area contributed by atoms with E-state index >= 15 is 0 Å². The highest BCUT2D eigenvalue weighted by Gasteiger charge is 1.98. The highest BCUT2D eigenvalue weighted by atomic mass is 16.4. The van der Waals surface area contributed by atoms with Crippen molar-refractivity contribution in [2.75, 3.05) is 0 Å². The Balaban J connectivity index is 0. The van der Waals surface area contributed by atoms with Crippen LogP contribution in [0.3, 0.4) is 0 Å². The Labute approximate surface area is 65.2 Å². The first-order chi connectivity index (χ1) is 4.91. The maximum Gasteiger partial charge on any atom is 0.371 e. The first kappa shape index (κ1) is 12.5. The van der Waals surface area contributed by atoms with E-state index in [2.05, 4.69) is 0 Å². The fraction of sp³-hybridized carbons (Fsp3) is 0.571. The molecule has 0 rings (SSSR count). The van der Waals surface area contributed by atoms with Gasteiger partial charge in [0.05, 0.1) is 0 Å². The van der Waals surface area contributed by atoms with Crippen LogP contribution in [0.4, 0.5) is 0 Å². The maximum absolute atomic E-state index is 9.81. The Bertz CT molecular complexity index is 148. The number of Topliss-reactive ketones (excluding diaryl/α,β-unsaturated/α-hetero) is 2. The number of carbonyl (C=O) groups is 3. The van der Waals surface area contributed by atoms with E-state index in [0.29, 0.717) is 6.42 Å². The molecule has 0 aliphatic heterocycles. The van der Waals surface area contributed by atoms with Crippen molar-refractivity contribution in [3.8, 4) is 0 Å². The van der Waals surface area contributed by atoms with Gasteiger partial charge in [0, 0.05) is 13.3 Å². The normalized spacial score (nSPS) is 7.55. The van der Waals surface area contributed by atoms with Crippen LogP contribution in [-0.2, 0) is 14.4 Å². The zero-order valence-electron chi connectivity index (χ0n) is 6.88. The summed E-state index contributed by atoms with van der Waals surface area (Å²) < 4.78 is 0. The SMILES string of the molecule is CC(=O)C(=O)O.CCC(C)=O. The predicted octanol–water partition coefficient (Wildman–Crippen LogP) is 0.645. The van der Waals surface area contributed by atoms with Gasteiger partial charge in [-0.3, -0.25) is 4.79 Å². The monoisotopic (exact) mass is 160 g/mol. The van der Waals surface area contributed by atoms with Gasteiger partial charge in [0.1, 0.15) is 5.78 Å². The smallest absolute Gasteiger partial charge is 0.371 e. The molecular weight excluding hydrogens is 148 g/mol. The van der Waals surface area contributed by atoms with Crippen LogP contribution in [0, 0.1) is 0 Å². The Morgan fingerprint density at radius 3 is 1.36 bits per heavy atom. The largest absolute Gasteiger partial charge is 0.476 e. The first-order valence-corrected chi connectivity index (χ1v) is 3.15. The fourth-order valence-electron chi connectivity index (χ4n) is 0. The molecule has 0 bridgehead atoms. The minimum Gasteiger partial charge on any atom is -0.476 e. The van der Waals surface area contributed by atoms with Gasteiger partial charge in [-0.25, -0.2) is 4.79 Å². The van der Waals surface area contributed by atoms with Crippen LogP contribution in [0.5, 0.6) is 0 Å². The number of hydrogen-bond donors (Lipinski definition) is 1. The third-order valence-electron chi connectivity index (χ3n) is 0.799. The molecule has 0 aliphatic rings. The second-order valence-electron chi connectivity index (χ2n) is 1.92. The van der Waals surface area contributed by atoms with E-state index in [-0.39, 0.29) is 5.78 Å². The van der Waals surface area contributed by atoms with E-state index in [1.807, 2.05) is 6.92 Å². The molecule has 0 aromatic rings. The number of ketones is 2. The van der Waals surface area contributed by atoms with Gasteiger partial charge < -0.3 is 9.90 Å². The molecule has 0 aromatic heterocycles. The second kappa shape index (κ2) is 6.92. The maximum atomic E-state index is 9.81. The first-order valence-electron chi connectivity index (χ1n) is 3.15. The molecule has 0 saturated carbocycles. The molecule has 0 aliphatic carbocycles. The summed E-state index contributed by atoms with van der Waals surface area (Å²) in [5.41, 5.74) is 0. The number of carboxylic acid groups (broad SMARTS) is 1. The van der Waals surface area contributed by atoms with Crippen molar-refractivity contribution in [2.45, 2.75) is 27.2 Å². The lowest BCUT2D eigenvalue weighted by Gasteiger charge is -1.73. The van der Waals surface area contributed by atoms with E-state index in [4.69, 9.17) is 5.11 Å². The number of carboxylic acids is 1. The van der Waals surface area contributed by atoms with Crippen molar-refractivity contribution in [2.24, 2.45) is 0 Å². The molecule has 64 valence electrons. The summed E-state index contributed by atoms with van der Waals surface area (Å²) in [6.07, 6.45) is 0.667. The summed E-state index contributed by atoms with van der Waals surface area (Å²) in [7, 11) is 0. The zero-order valence-corrected chi connectivity index (χ0v) is 6.88. The lowest BCUT2D eigenvalue weighted by Crippen LogP contribution is -2.05. The van der Waals surface area contributed by atoms with Crippen LogP contribution in [0.15, 0.2) is 0 Å². The van der Waals surface area contributed by atoms with E-state index in [1.54, 1.807) is 6.92 Å². The highest BCUT2D eigenvalue weighted by molar-refractivity contribution is 6.31. The van der Waals surface area contributed by atoms with E-state index in [1.165, 1.54) is 0 Å². The van der Waals surface area contributed by atoms with Gasteiger partial charge in [0.25, 0.3) is 0 Å². The van der Waals surface area contributed by atoms with Crippen LogP contribution in [0.2, 0.25) is 0 Å². The Kier molecular flexibility index (Phi) is 7.86. The molecule has 0 fully saturated rings. The molecule has 0 spiro atoms. The van der Waals surface area contributed by atoms with Gasteiger partial charge in [-0.05, 0) is 6.92 Å². The molecular formula is C7H12O4. The average molecular weight is 160 g/mol. The third-order valence-corrected chi connectivity index (χ3v) is 0.799. The van der Waals surface area contributed by atoms with Crippen molar-refractivity contribution < 1.29 is 19.5 Å². The van der Waals surface area contributed by atoms with Crippen molar-refractivity contribution in [3.63, 3.8) is 0 Å². The van der Waals surface area contributed by atoms with E-state index in [9.17, 15) is 14.4 Å². The van der Waals surface area contributed by atoms with Gasteiger partial charge in [-0.2, -0.15) is 0 Å². The van der Waals surface area contributed by atoms with Gasteiger partial charge >= 0.3 is 5.97 Å². The van der Waals surface area contributed by atoms with Crippen LogP contribution in [0.1, 0.15) is 27.2 Å². The van der Waals surface area contributed by atoms with Crippen LogP contribution >= 0.6 is 0 Å². The Morgan fingerprint density at radius 2 is 1.36 bits per heavy atom. The second-order valence-corrected chi connectivity index (χ2v) is 1.92. The zero-order chi connectivity index (χ0) is 9.44. The minimum absolute atomic E-state index is 0.255. The van der Waals surface area contributed by atoms with Crippen molar-refractivity contribution in [3.05, 3.63) is 0 Å². The van der Waals surface area contributed by atoms with Gasteiger partial charge in [-0.1, -0.05) is 6.92 Å². The molecule has 0 amide bonds. The molecule has 4 heteroatoms. The summed E-state index contributed by atoms with van der Waals surface area (Å²) in [4.78, 5) is 28.7. The number of rotatable bonds is 2. The molecule has 0 atom stereocenters. The molecule has 0 radical (unpaired) electrons. The Morgan fingerprint density at radius 1 is 1.18 bits per heavy atom. The number of aliphatic carboxylic acids is 1. The van der Waals surface area contributed by atoms with Gasteiger partial charge in [0.2, 0.25) is 5.78 Å². The summed E-state index contributed by atoms with van der Waals surface area (Å²) >= 11 is 0. The van der Waals surface area contributed by atoms with Crippen LogP contribution in [0.25, 0.3) is 0 Å². The van der Waals surface area contributed by atoms with Crippen molar-refractivity contribution >= 4 is 17.5 Å². The minimum atomic E-state index is -1.38. The Hall–Kier alpha value is -1.19. The topological polar surface area (TPSA) is 71.4 Å². The molecule has 0 aromatic carbocycles. The highest BCUT2D eigenvalue weighted by Crippen LogP contribution is 1.71. The third kappa shape index (κ3) is 17.7. The van der Waals surface area contributed by atoms with E-state index < -0.39 is 11.8 Å². The molecule has 1 N–H and O–H groups in total. The van der Waals surface area contributed by atoms with Crippen LogP contribution < -0.4 is 0 Å². The lowest BCUT2D eigenvalue weighted by molar-refractivity contribution is -0.148. The summed E-state index contributed by atoms with van der Waals surface area (Å²) in [5.74, 6) is -1.95. The molecule has 0 saturated heterocycles. The average Bonchev–Trinajstić information content (AvgIpc) is 1.89. The summed E-state index contributed by atoms with van der Waals surface area (Å²) in [6.45, 7) is 4.44. The van der Waals surface area contributed by atoms with Crippen molar-refractivity contribution in [1.82, 2.24) is 0 Å². The predicted molar refractivity (Wildman–Crippen MR) is 39.3 cm³/mol. The lowest BCUT2D eigenvalue weighted by atomic mass is 10.4. The molecule has 0 heterocycles. The standard InChI is InChI=1S/C4H8O.C3H4O3/c1-3-4(2)5;1-2(4)3(5)6/h3H2,1-2H3;1H3,(H,5,6). The fourth-order valence-corrected chi connectivity index (χ4v) is 0.